The van der Waals surface area contributed by atoms with Gasteiger partial charge in [-0.1, -0.05) is 12.1 Å². The number of carbonyl (C=O) groups is 1. The second-order valence-electron chi connectivity index (χ2n) is 9.19. The van der Waals surface area contributed by atoms with Crippen molar-refractivity contribution >= 4 is 22.5 Å². The Bertz CT molecular complexity index is 1330. The lowest BCUT2D eigenvalue weighted by Gasteiger charge is -2.34. The number of rotatable bonds is 5. The largest absolute Gasteiger partial charge is 0.321 e. The first-order chi connectivity index (χ1) is 16.3. The van der Waals surface area contributed by atoms with Gasteiger partial charge in [-0.2, -0.15) is 10.2 Å². The predicted octanol–water partition coefficient (Wildman–Crippen LogP) is 4.68. The first kappa shape index (κ1) is 22.2. The van der Waals surface area contributed by atoms with Crippen LogP contribution in [-0.4, -0.2) is 49.5 Å². The standard InChI is InChI=1S/C25H26F2N6O/c1-25(27)7-9-33(10-8-25)14-16-3-5-18(6-4-16)29-24(34)23-20-11-19(17-13-28-32(2)15-17)21(26)12-22(20)30-31-23/h3-6,11-13,15H,7-10,14H2,1-2H3,(H,29,34)(H,30,31). The molecule has 0 spiro atoms. The second kappa shape index (κ2) is 8.64. The maximum atomic E-state index is 14.6. The van der Waals surface area contributed by atoms with Crippen LogP contribution in [0.4, 0.5) is 14.5 Å². The van der Waals surface area contributed by atoms with E-state index in [4.69, 9.17) is 0 Å². The minimum atomic E-state index is -1.06. The van der Waals surface area contributed by atoms with Crippen molar-refractivity contribution in [1.82, 2.24) is 24.9 Å². The molecule has 5 rings (SSSR count). The second-order valence-corrected chi connectivity index (χ2v) is 9.19. The number of aromatic amines is 1. The average molecular weight is 465 g/mol. The van der Waals surface area contributed by atoms with E-state index >= 15 is 0 Å². The molecule has 34 heavy (non-hydrogen) atoms. The Kier molecular flexibility index (Phi) is 5.65. The van der Waals surface area contributed by atoms with Crippen LogP contribution in [0, 0.1) is 5.82 Å². The van der Waals surface area contributed by atoms with Gasteiger partial charge in [-0.15, -0.1) is 0 Å². The summed E-state index contributed by atoms with van der Waals surface area (Å²) < 4.78 is 30.2. The molecule has 4 aromatic rings. The molecule has 2 aromatic heterocycles. The van der Waals surface area contributed by atoms with Crippen molar-refractivity contribution in [3.8, 4) is 11.1 Å². The molecule has 7 nitrogen and oxygen atoms in total. The Labute approximate surface area is 195 Å². The lowest BCUT2D eigenvalue weighted by atomic mass is 9.95. The fourth-order valence-corrected chi connectivity index (χ4v) is 4.31. The van der Waals surface area contributed by atoms with Gasteiger partial charge < -0.3 is 5.32 Å². The Morgan fingerprint density at radius 3 is 2.62 bits per heavy atom. The number of amides is 1. The molecule has 2 aromatic carbocycles. The van der Waals surface area contributed by atoms with Crippen LogP contribution in [-0.2, 0) is 13.6 Å². The minimum absolute atomic E-state index is 0.187. The van der Waals surface area contributed by atoms with Crippen molar-refractivity contribution < 1.29 is 13.6 Å². The number of piperidine rings is 1. The molecule has 0 bridgehead atoms. The zero-order chi connectivity index (χ0) is 23.9. The third kappa shape index (κ3) is 4.56. The van der Waals surface area contributed by atoms with E-state index in [1.807, 2.05) is 24.3 Å². The third-order valence-corrected chi connectivity index (χ3v) is 6.40. The summed E-state index contributed by atoms with van der Waals surface area (Å²) in [5, 5.41) is 14.3. The van der Waals surface area contributed by atoms with E-state index in [1.165, 1.54) is 6.07 Å². The van der Waals surface area contributed by atoms with Gasteiger partial charge >= 0.3 is 0 Å². The number of carbonyl (C=O) groups excluding carboxylic acids is 1. The molecular weight excluding hydrogens is 438 g/mol. The van der Waals surface area contributed by atoms with Crippen LogP contribution in [0.1, 0.15) is 35.8 Å². The fourth-order valence-electron chi connectivity index (χ4n) is 4.31. The number of nitrogens with one attached hydrogen (secondary N) is 2. The van der Waals surface area contributed by atoms with Crippen molar-refractivity contribution in [3.05, 3.63) is 65.9 Å². The summed E-state index contributed by atoms with van der Waals surface area (Å²) in [5.41, 5.74) is 2.27. The van der Waals surface area contributed by atoms with E-state index in [2.05, 4.69) is 25.5 Å². The van der Waals surface area contributed by atoms with Gasteiger partial charge in [0.25, 0.3) is 5.91 Å². The van der Waals surface area contributed by atoms with E-state index in [1.54, 1.807) is 37.1 Å². The minimum Gasteiger partial charge on any atom is -0.321 e. The van der Waals surface area contributed by atoms with E-state index in [0.29, 0.717) is 40.6 Å². The lowest BCUT2D eigenvalue weighted by molar-refractivity contribution is 0.0705. The van der Waals surface area contributed by atoms with Gasteiger partial charge in [0.05, 0.1) is 11.7 Å². The number of hydrogen-bond acceptors (Lipinski definition) is 4. The number of fused-ring (bicyclic) bond motifs is 1. The molecule has 1 amide bonds. The topological polar surface area (TPSA) is 78.8 Å². The van der Waals surface area contributed by atoms with Gasteiger partial charge in [-0.25, -0.2) is 8.78 Å². The van der Waals surface area contributed by atoms with Crippen LogP contribution in [0.15, 0.2) is 48.8 Å². The molecule has 1 aliphatic rings. The van der Waals surface area contributed by atoms with Crippen LogP contribution < -0.4 is 5.32 Å². The highest BCUT2D eigenvalue weighted by Gasteiger charge is 2.29. The molecule has 0 saturated carbocycles. The summed E-state index contributed by atoms with van der Waals surface area (Å²) in [6, 6.07) is 10.5. The van der Waals surface area contributed by atoms with E-state index < -0.39 is 11.5 Å². The maximum absolute atomic E-state index is 14.6. The predicted molar refractivity (Wildman–Crippen MR) is 127 cm³/mol. The lowest BCUT2D eigenvalue weighted by Crippen LogP contribution is -2.39. The number of aryl methyl sites for hydroxylation is 1. The van der Waals surface area contributed by atoms with Gasteiger partial charge in [0, 0.05) is 61.1 Å². The van der Waals surface area contributed by atoms with Crippen molar-refractivity contribution in [3.63, 3.8) is 0 Å². The highest BCUT2D eigenvalue weighted by atomic mass is 19.1. The summed E-state index contributed by atoms with van der Waals surface area (Å²) in [4.78, 5) is 15.2. The SMILES string of the molecule is Cn1cc(-c2cc3c(C(=O)Nc4ccc(CN5CCC(C)(F)CC5)cc4)n[nH]c3cc2F)cn1. The number of benzene rings is 2. The Balaban J connectivity index is 1.30. The number of likely N-dealkylation sites (tertiary alicyclic amines) is 1. The maximum Gasteiger partial charge on any atom is 0.276 e. The first-order valence-electron chi connectivity index (χ1n) is 11.3. The molecule has 2 N–H and O–H groups in total. The molecule has 9 heteroatoms. The Morgan fingerprint density at radius 2 is 1.94 bits per heavy atom. The van der Waals surface area contributed by atoms with Crippen LogP contribution in [0.2, 0.25) is 0 Å². The summed E-state index contributed by atoms with van der Waals surface area (Å²) in [6.07, 6.45) is 4.38. The summed E-state index contributed by atoms with van der Waals surface area (Å²) in [6.45, 7) is 3.89. The average Bonchev–Trinajstić information content (AvgIpc) is 3.41. The van der Waals surface area contributed by atoms with Gasteiger partial charge in [-0.05, 0) is 43.5 Å². The van der Waals surface area contributed by atoms with Gasteiger partial charge in [0.1, 0.15) is 11.5 Å². The zero-order valence-corrected chi connectivity index (χ0v) is 19.1. The van der Waals surface area contributed by atoms with Gasteiger partial charge in [0.2, 0.25) is 0 Å². The quantitative estimate of drug-likeness (QED) is 0.450. The Hall–Kier alpha value is -3.59. The molecule has 3 heterocycles. The zero-order valence-electron chi connectivity index (χ0n) is 19.1. The number of aromatic nitrogens is 4. The molecular formula is C25H26F2N6O. The number of anilines is 1. The van der Waals surface area contributed by atoms with Crippen molar-refractivity contribution in [2.45, 2.75) is 32.0 Å². The summed E-state index contributed by atoms with van der Waals surface area (Å²) >= 11 is 0. The number of nitrogens with zero attached hydrogens (tertiary/aromatic N) is 4. The smallest absolute Gasteiger partial charge is 0.276 e. The molecule has 1 saturated heterocycles. The summed E-state index contributed by atoms with van der Waals surface area (Å²) in [5.74, 6) is -0.808. The molecule has 0 atom stereocenters. The highest BCUT2D eigenvalue weighted by molar-refractivity contribution is 6.11. The number of hydrogen-bond donors (Lipinski definition) is 2. The molecule has 176 valence electrons. The van der Waals surface area contributed by atoms with Crippen molar-refractivity contribution in [2.75, 3.05) is 18.4 Å². The van der Waals surface area contributed by atoms with Gasteiger partial charge in [0.15, 0.2) is 5.69 Å². The molecule has 1 fully saturated rings. The molecule has 0 unspecified atom stereocenters. The monoisotopic (exact) mass is 464 g/mol. The number of H-pyrrole nitrogens is 1. The van der Waals surface area contributed by atoms with E-state index in [-0.39, 0.29) is 11.6 Å². The van der Waals surface area contributed by atoms with Crippen molar-refractivity contribution in [2.24, 2.45) is 7.05 Å². The number of halogens is 2. The Morgan fingerprint density at radius 1 is 1.21 bits per heavy atom. The molecule has 0 radical (unpaired) electrons. The van der Waals surface area contributed by atoms with Crippen molar-refractivity contribution in [1.29, 1.82) is 0 Å². The number of alkyl halides is 1. The first-order valence-corrected chi connectivity index (χ1v) is 11.3. The third-order valence-electron chi connectivity index (χ3n) is 6.40. The summed E-state index contributed by atoms with van der Waals surface area (Å²) in [7, 11) is 1.76. The van der Waals surface area contributed by atoms with E-state index in [9.17, 15) is 13.6 Å². The molecule has 1 aliphatic heterocycles. The van der Waals surface area contributed by atoms with Crippen LogP contribution in [0.3, 0.4) is 0 Å². The molecule has 0 aliphatic carbocycles. The normalized spacial score (nSPS) is 16.1. The van der Waals surface area contributed by atoms with Gasteiger partial charge in [-0.3, -0.25) is 19.5 Å². The van der Waals surface area contributed by atoms with Crippen LogP contribution in [0.25, 0.3) is 22.0 Å². The fraction of sp³-hybridized carbons (Fsp3) is 0.320. The van der Waals surface area contributed by atoms with Crippen LogP contribution in [0.5, 0.6) is 0 Å². The van der Waals surface area contributed by atoms with Crippen LogP contribution >= 0.6 is 0 Å². The highest BCUT2D eigenvalue weighted by Crippen LogP contribution is 2.29. The van der Waals surface area contributed by atoms with E-state index in [0.717, 1.165) is 25.2 Å².